The zero-order chi connectivity index (χ0) is 14.1. The maximum Gasteiger partial charge on any atom is 0.162 e. The average molecular weight is 353 g/mol. The number of halogens is 2. The van der Waals surface area contributed by atoms with Gasteiger partial charge >= 0.3 is 0 Å². The molecule has 0 aliphatic heterocycles. The molecule has 0 bridgehead atoms. The van der Waals surface area contributed by atoms with Crippen molar-refractivity contribution in [2.45, 2.75) is 25.7 Å². The van der Waals surface area contributed by atoms with E-state index in [0.717, 1.165) is 40.2 Å². The minimum Gasteiger partial charge on any atom is -0.373 e. The summed E-state index contributed by atoms with van der Waals surface area (Å²) >= 11 is 9.64. The van der Waals surface area contributed by atoms with E-state index in [1.54, 1.807) is 0 Å². The number of nitrogens with zero attached hydrogens (tertiary/aromatic N) is 2. The quantitative estimate of drug-likeness (QED) is 0.866. The van der Waals surface area contributed by atoms with E-state index in [0.29, 0.717) is 5.02 Å². The number of rotatable bonds is 2. The van der Waals surface area contributed by atoms with Crippen LogP contribution in [0.15, 0.2) is 22.7 Å². The summed E-state index contributed by atoms with van der Waals surface area (Å²) in [5.74, 6) is 1.67. The molecule has 0 atom stereocenters. The molecule has 1 heterocycles. The molecular weight excluding hydrogens is 338 g/mol. The van der Waals surface area contributed by atoms with Crippen LogP contribution in [-0.4, -0.2) is 17.0 Å². The number of anilines is 1. The van der Waals surface area contributed by atoms with Crippen LogP contribution in [0.25, 0.3) is 11.4 Å². The maximum absolute atomic E-state index is 6.09. The van der Waals surface area contributed by atoms with E-state index in [1.807, 2.05) is 25.2 Å². The molecule has 0 saturated heterocycles. The molecule has 1 aromatic heterocycles. The number of aromatic nitrogens is 2. The van der Waals surface area contributed by atoms with Crippen LogP contribution in [0, 0.1) is 0 Å². The summed E-state index contributed by atoms with van der Waals surface area (Å²) in [6.45, 7) is 0. The zero-order valence-electron chi connectivity index (χ0n) is 11.2. The summed E-state index contributed by atoms with van der Waals surface area (Å²) in [4.78, 5) is 9.42. The van der Waals surface area contributed by atoms with Gasteiger partial charge in [0.1, 0.15) is 5.82 Å². The van der Waals surface area contributed by atoms with Gasteiger partial charge in [-0.2, -0.15) is 0 Å². The Balaban J connectivity index is 2.17. The molecule has 3 rings (SSSR count). The normalized spacial score (nSPS) is 13.9. The highest BCUT2D eigenvalue weighted by molar-refractivity contribution is 9.10. The van der Waals surface area contributed by atoms with Crippen molar-refractivity contribution in [3.8, 4) is 11.4 Å². The lowest BCUT2D eigenvalue weighted by Crippen LogP contribution is -2.12. The minimum atomic E-state index is 0.690. The molecule has 0 spiro atoms. The first-order valence-corrected chi connectivity index (χ1v) is 7.89. The fourth-order valence-corrected chi connectivity index (χ4v) is 3.19. The number of hydrogen-bond donors (Lipinski definition) is 1. The van der Waals surface area contributed by atoms with Crippen LogP contribution in [0.5, 0.6) is 0 Å². The molecule has 0 radical (unpaired) electrons. The van der Waals surface area contributed by atoms with Gasteiger partial charge in [-0.3, -0.25) is 0 Å². The molecule has 0 unspecified atom stereocenters. The maximum atomic E-state index is 6.09. The fraction of sp³-hybridized carbons (Fsp3) is 0.333. The molecule has 20 heavy (non-hydrogen) atoms. The van der Waals surface area contributed by atoms with Gasteiger partial charge in [0.15, 0.2) is 5.82 Å². The molecule has 0 fully saturated rings. The summed E-state index contributed by atoms with van der Waals surface area (Å²) in [6.07, 6.45) is 4.49. The lowest BCUT2D eigenvalue weighted by molar-refractivity contribution is 0.665. The van der Waals surface area contributed by atoms with Gasteiger partial charge in [0.2, 0.25) is 0 Å². The summed E-state index contributed by atoms with van der Waals surface area (Å²) in [6, 6.07) is 5.68. The number of benzene rings is 1. The molecule has 0 saturated carbocycles. The second-order valence-electron chi connectivity index (χ2n) is 4.90. The van der Waals surface area contributed by atoms with E-state index in [4.69, 9.17) is 16.6 Å². The van der Waals surface area contributed by atoms with Crippen LogP contribution in [-0.2, 0) is 12.8 Å². The van der Waals surface area contributed by atoms with Crippen molar-refractivity contribution in [1.82, 2.24) is 9.97 Å². The molecule has 0 amide bonds. The Bertz CT molecular complexity index is 641. The molecule has 104 valence electrons. The molecule has 2 aromatic rings. The molecule has 1 N–H and O–H groups in total. The molecule has 1 aliphatic rings. The van der Waals surface area contributed by atoms with E-state index in [9.17, 15) is 0 Å². The van der Waals surface area contributed by atoms with Gasteiger partial charge in [0.05, 0.1) is 0 Å². The van der Waals surface area contributed by atoms with Gasteiger partial charge in [0, 0.05) is 33.4 Å². The smallest absolute Gasteiger partial charge is 0.162 e. The molecule has 1 aliphatic carbocycles. The van der Waals surface area contributed by atoms with Crippen LogP contribution < -0.4 is 5.32 Å². The van der Waals surface area contributed by atoms with Crippen LogP contribution in [0.2, 0.25) is 5.02 Å². The fourth-order valence-electron chi connectivity index (χ4n) is 2.59. The van der Waals surface area contributed by atoms with E-state index in [2.05, 4.69) is 26.2 Å². The van der Waals surface area contributed by atoms with Crippen molar-refractivity contribution in [2.75, 3.05) is 12.4 Å². The Morgan fingerprint density at radius 3 is 2.80 bits per heavy atom. The Hall–Kier alpha value is -1.13. The predicted molar refractivity (Wildman–Crippen MR) is 86.4 cm³/mol. The van der Waals surface area contributed by atoms with Crippen molar-refractivity contribution in [2.24, 2.45) is 0 Å². The predicted octanol–water partition coefficient (Wildman–Crippen LogP) is 4.48. The number of nitrogens with one attached hydrogen (secondary N) is 1. The number of hydrogen-bond acceptors (Lipinski definition) is 3. The topological polar surface area (TPSA) is 37.8 Å². The first-order chi connectivity index (χ1) is 9.69. The van der Waals surface area contributed by atoms with E-state index in [-0.39, 0.29) is 0 Å². The van der Waals surface area contributed by atoms with Crippen molar-refractivity contribution in [3.05, 3.63) is 39.0 Å². The van der Waals surface area contributed by atoms with Gasteiger partial charge in [-0.1, -0.05) is 27.5 Å². The lowest BCUT2D eigenvalue weighted by Gasteiger charge is -2.19. The van der Waals surface area contributed by atoms with Crippen LogP contribution in [0.4, 0.5) is 5.82 Å². The Morgan fingerprint density at radius 1 is 1.20 bits per heavy atom. The van der Waals surface area contributed by atoms with Crippen LogP contribution in [0.1, 0.15) is 24.1 Å². The van der Waals surface area contributed by atoms with Crippen LogP contribution >= 0.6 is 27.5 Å². The van der Waals surface area contributed by atoms with Gasteiger partial charge in [0.25, 0.3) is 0 Å². The minimum absolute atomic E-state index is 0.690. The molecule has 5 heteroatoms. The van der Waals surface area contributed by atoms with Gasteiger partial charge < -0.3 is 5.32 Å². The standard InChI is InChI=1S/C15H15BrClN3/c1-18-14-10-4-2-3-5-13(10)19-15(20-14)11-8-9(17)6-7-12(11)16/h6-8H,2-5H2,1H3,(H,18,19,20). The van der Waals surface area contributed by atoms with Crippen LogP contribution in [0.3, 0.4) is 0 Å². The molecular formula is C15H15BrClN3. The van der Waals surface area contributed by atoms with Gasteiger partial charge in [-0.25, -0.2) is 9.97 Å². The summed E-state index contributed by atoms with van der Waals surface area (Å²) < 4.78 is 0.958. The third-order valence-electron chi connectivity index (χ3n) is 3.59. The first-order valence-electron chi connectivity index (χ1n) is 6.72. The highest BCUT2D eigenvalue weighted by Gasteiger charge is 2.18. The van der Waals surface area contributed by atoms with E-state index in [1.165, 1.54) is 18.4 Å². The average Bonchev–Trinajstić information content (AvgIpc) is 2.48. The number of aryl methyl sites for hydroxylation is 1. The first kappa shape index (κ1) is 13.8. The highest BCUT2D eigenvalue weighted by atomic mass is 79.9. The van der Waals surface area contributed by atoms with Crippen molar-refractivity contribution >= 4 is 33.3 Å². The number of fused-ring (bicyclic) bond motifs is 1. The van der Waals surface area contributed by atoms with E-state index < -0.39 is 0 Å². The Kier molecular flexibility index (Phi) is 3.94. The third kappa shape index (κ3) is 2.54. The zero-order valence-corrected chi connectivity index (χ0v) is 13.6. The van der Waals surface area contributed by atoms with Gasteiger partial charge in [-0.15, -0.1) is 0 Å². The largest absolute Gasteiger partial charge is 0.373 e. The van der Waals surface area contributed by atoms with Crippen molar-refractivity contribution in [3.63, 3.8) is 0 Å². The van der Waals surface area contributed by atoms with Gasteiger partial charge in [-0.05, 0) is 43.9 Å². The SMILES string of the molecule is CNc1nc(-c2cc(Cl)ccc2Br)nc2c1CCCC2. The van der Waals surface area contributed by atoms with Crippen molar-refractivity contribution < 1.29 is 0 Å². The second-order valence-corrected chi connectivity index (χ2v) is 6.19. The lowest BCUT2D eigenvalue weighted by atomic mass is 9.96. The Morgan fingerprint density at radius 2 is 2.00 bits per heavy atom. The Labute approximate surface area is 131 Å². The second kappa shape index (κ2) is 5.70. The summed E-state index contributed by atoms with van der Waals surface area (Å²) in [7, 11) is 1.91. The monoisotopic (exact) mass is 351 g/mol. The molecule has 3 nitrogen and oxygen atoms in total. The summed E-state index contributed by atoms with van der Waals surface area (Å²) in [5.41, 5.74) is 3.36. The third-order valence-corrected chi connectivity index (χ3v) is 4.52. The van der Waals surface area contributed by atoms with Crippen molar-refractivity contribution in [1.29, 1.82) is 0 Å². The molecule has 1 aromatic carbocycles. The summed E-state index contributed by atoms with van der Waals surface area (Å²) in [5, 5.41) is 3.89. The van der Waals surface area contributed by atoms with E-state index >= 15 is 0 Å². The highest BCUT2D eigenvalue weighted by Crippen LogP contribution is 2.32.